The van der Waals surface area contributed by atoms with Gasteiger partial charge in [0.1, 0.15) is 16.4 Å². The van der Waals surface area contributed by atoms with Crippen LogP contribution in [0.1, 0.15) is 25.6 Å². The van der Waals surface area contributed by atoms with Gasteiger partial charge in [0.2, 0.25) is 0 Å². The van der Waals surface area contributed by atoms with Crippen LogP contribution in [0.5, 0.6) is 5.75 Å². The van der Waals surface area contributed by atoms with E-state index >= 15 is 0 Å². The van der Waals surface area contributed by atoms with Crippen LogP contribution < -0.4 is 15.8 Å². The Morgan fingerprint density at radius 3 is 1.98 bits per heavy atom. The van der Waals surface area contributed by atoms with Gasteiger partial charge in [-0.3, -0.25) is 10.2 Å². The van der Waals surface area contributed by atoms with E-state index in [0.29, 0.717) is 16.5 Å². The average molecular weight is 611 g/mol. The molecule has 0 saturated heterocycles. The van der Waals surface area contributed by atoms with Gasteiger partial charge in [0.15, 0.2) is 11.6 Å². The van der Waals surface area contributed by atoms with E-state index in [1.54, 1.807) is 18.2 Å². The zero-order valence-corrected chi connectivity index (χ0v) is 21.4. The first-order chi connectivity index (χ1) is 19.5. The highest BCUT2D eigenvalue weighted by Crippen LogP contribution is 2.30. The summed E-state index contributed by atoms with van der Waals surface area (Å²) >= 11 is 1.06. The number of aliphatic carboxylic acids is 3. The Hall–Kier alpha value is -5.58. The number of alkyl halides is 3. The molecule has 0 bridgehead atoms. The molecule has 0 radical (unpaired) electrons. The van der Waals surface area contributed by atoms with Crippen molar-refractivity contribution in [2.45, 2.75) is 6.18 Å². The number of esters is 1. The van der Waals surface area contributed by atoms with Crippen molar-refractivity contribution in [3.05, 3.63) is 88.2 Å². The number of nitrogens with two attached hydrogens (primary N) is 1. The molecule has 0 aliphatic rings. The van der Waals surface area contributed by atoms with Crippen molar-refractivity contribution in [3.63, 3.8) is 0 Å². The van der Waals surface area contributed by atoms with Crippen LogP contribution >= 0.6 is 11.3 Å². The van der Waals surface area contributed by atoms with E-state index in [2.05, 4.69) is 0 Å². The molecule has 42 heavy (non-hydrogen) atoms. The number of benzene rings is 2. The number of carbonyl (C=O) groups is 5. The van der Waals surface area contributed by atoms with Crippen LogP contribution in [-0.4, -0.2) is 57.1 Å². The van der Waals surface area contributed by atoms with Gasteiger partial charge in [0, 0.05) is 16.0 Å². The largest absolute Gasteiger partial charge is 0.490 e. The van der Waals surface area contributed by atoms with E-state index in [1.165, 1.54) is 30.3 Å². The third kappa shape index (κ3) is 9.26. The van der Waals surface area contributed by atoms with Crippen molar-refractivity contribution >= 4 is 47.0 Å². The van der Waals surface area contributed by atoms with Gasteiger partial charge in [-0.1, -0.05) is 12.1 Å². The molecule has 220 valence electrons. The van der Waals surface area contributed by atoms with E-state index in [9.17, 15) is 36.7 Å². The molecule has 0 atom stereocenters. The summed E-state index contributed by atoms with van der Waals surface area (Å²) in [5.74, 6) is -8.99. The molecule has 1 aromatic heterocycles. The van der Waals surface area contributed by atoms with Crippen LogP contribution in [-0.2, 0) is 14.4 Å². The van der Waals surface area contributed by atoms with Gasteiger partial charge in [-0.05, 0) is 48.0 Å². The third-order valence-corrected chi connectivity index (χ3v) is 5.79. The maximum absolute atomic E-state index is 14.1. The van der Waals surface area contributed by atoms with Crippen LogP contribution in [0.15, 0.2) is 66.4 Å². The quantitative estimate of drug-likeness (QED) is 0.0544. The number of halogens is 4. The fraction of sp³-hybridized carbons (Fsp3) is 0.0400. The summed E-state index contributed by atoms with van der Waals surface area (Å²) in [6.07, 6.45) is -4.72. The standard InChI is InChI=1S/C23H16FN3O7S.C2HF3O2/c24-14-9-13(20(25)26)5-6-16(14)34-23(33)18-8-7-17(35-18)11-1-3-12(4-2-11)21(30)27-15(22(31)32)10-19(28)29;3-2(4,5)1(6)7/h1-10H,(H3,25,26)(H,27,30)(H,28,29)(H,31,32);(H,6,7)/b15-10+;. The Morgan fingerprint density at radius 2 is 1.50 bits per heavy atom. The molecule has 0 unspecified atom stereocenters. The molecule has 3 rings (SSSR count). The van der Waals surface area contributed by atoms with Gasteiger partial charge in [-0.25, -0.2) is 23.6 Å². The molecule has 7 N–H and O–H groups in total. The summed E-state index contributed by atoms with van der Waals surface area (Å²) in [7, 11) is 0. The van der Waals surface area contributed by atoms with Crippen LogP contribution in [0.25, 0.3) is 10.4 Å². The molecule has 0 aliphatic heterocycles. The first-order valence-electron chi connectivity index (χ1n) is 10.8. The molecule has 0 saturated carbocycles. The summed E-state index contributed by atoms with van der Waals surface area (Å²) in [5.41, 5.74) is 5.36. The van der Waals surface area contributed by atoms with E-state index in [-0.39, 0.29) is 27.6 Å². The normalized spacial score (nSPS) is 11.0. The molecule has 1 amide bonds. The van der Waals surface area contributed by atoms with Gasteiger partial charge in [0.25, 0.3) is 5.91 Å². The van der Waals surface area contributed by atoms with Gasteiger partial charge < -0.3 is 31.1 Å². The predicted molar refractivity (Wildman–Crippen MR) is 137 cm³/mol. The second kappa shape index (κ2) is 13.7. The second-order valence-electron chi connectivity index (χ2n) is 7.65. The molecule has 0 aliphatic carbocycles. The van der Waals surface area contributed by atoms with E-state index in [0.717, 1.165) is 17.4 Å². The van der Waals surface area contributed by atoms with Crippen LogP contribution in [0, 0.1) is 11.2 Å². The Balaban J connectivity index is 0.000000782. The molecular weight excluding hydrogens is 594 g/mol. The highest BCUT2D eigenvalue weighted by molar-refractivity contribution is 7.17. The molecule has 1 heterocycles. The highest BCUT2D eigenvalue weighted by atomic mass is 32.1. The summed E-state index contributed by atoms with van der Waals surface area (Å²) in [4.78, 5) is 56.1. The fourth-order valence-electron chi connectivity index (χ4n) is 2.76. The van der Waals surface area contributed by atoms with Gasteiger partial charge in [0.05, 0.1) is 6.08 Å². The first kappa shape index (κ1) is 32.6. The summed E-state index contributed by atoms with van der Waals surface area (Å²) in [6.45, 7) is 0. The number of carboxylic acid groups (broad SMARTS) is 3. The lowest BCUT2D eigenvalue weighted by Crippen LogP contribution is -2.28. The molecule has 0 fully saturated rings. The SMILES string of the molecule is N=C(N)c1ccc(OC(=O)c2ccc(-c3ccc(C(=O)N/C(=C/C(=O)O)C(=O)O)cc3)s2)c(F)c1.O=C(O)C(F)(F)F. The number of ether oxygens (including phenoxy) is 1. The topological polar surface area (TPSA) is 217 Å². The average Bonchev–Trinajstić information content (AvgIpc) is 3.39. The lowest BCUT2D eigenvalue weighted by atomic mass is 10.1. The molecule has 17 heteroatoms. The summed E-state index contributed by atoms with van der Waals surface area (Å²) in [6, 6.07) is 12.5. The lowest BCUT2D eigenvalue weighted by Gasteiger charge is -2.06. The molecular formula is C25H17F4N3O9S. The van der Waals surface area contributed by atoms with Crippen molar-refractivity contribution in [1.29, 1.82) is 5.41 Å². The molecule has 3 aromatic rings. The summed E-state index contributed by atoms with van der Waals surface area (Å²) in [5, 5.41) is 34.1. The lowest BCUT2D eigenvalue weighted by molar-refractivity contribution is -0.192. The third-order valence-electron chi connectivity index (χ3n) is 4.67. The number of hydrogen-bond acceptors (Lipinski definition) is 8. The first-order valence-corrected chi connectivity index (χ1v) is 11.7. The Kier molecular flexibility index (Phi) is 10.6. The fourth-order valence-corrected chi connectivity index (χ4v) is 3.65. The number of carbonyl (C=O) groups excluding carboxylic acids is 2. The van der Waals surface area contributed by atoms with Crippen molar-refractivity contribution in [1.82, 2.24) is 5.32 Å². The number of rotatable bonds is 8. The Bertz CT molecular complexity index is 1580. The van der Waals surface area contributed by atoms with Crippen molar-refractivity contribution in [3.8, 4) is 16.2 Å². The molecule has 12 nitrogen and oxygen atoms in total. The van der Waals surface area contributed by atoms with Gasteiger partial charge in [-0.15, -0.1) is 11.3 Å². The highest BCUT2D eigenvalue weighted by Gasteiger charge is 2.38. The van der Waals surface area contributed by atoms with E-state index in [4.69, 9.17) is 36.0 Å². The monoisotopic (exact) mass is 611 g/mol. The summed E-state index contributed by atoms with van der Waals surface area (Å²) < 4.78 is 50.9. The minimum absolute atomic E-state index is 0.0759. The Morgan fingerprint density at radius 1 is 0.929 bits per heavy atom. The number of hydrogen-bond donors (Lipinski definition) is 6. The number of amidine groups is 1. The molecule has 0 spiro atoms. The molecule has 2 aromatic carbocycles. The van der Waals surface area contributed by atoms with Crippen LogP contribution in [0.4, 0.5) is 17.6 Å². The number of nitrogens with one attached hydrogen (secondary N) is 2. The maximum Gasteiger partial charge on any atom is 0.490 e. The van der Waals surface area contributed by atoms with Gasteiger partial charge in [-0.2, -0.15) is 13.2 Å². The number of nitrogen functional groups attached to an aromatic ring is 1. The zero-order chi connectivity index (χ0) is 31.8. The second-order valence-corrected chi connectivity index (χ2v) is 8.73. The predicted octanol–water partition coefficient (Wildman–Crippen LogP) is 3.47. The van der Waals surface area contributed by atoms with Crippen LogP contribution in [0.2, 0.25) is 0 Å². The van der Waals surface area contributed by atoms with Crippen molar-refractivity contribution in [2.75, 3.05) is 0 Å². The van der Waals surface area contributed by atoms with Gasteiger partial charge >= 0.3 is 30.1 Å². The van der Waals surface area contributed by atoms with Crippen molar-refractivity contribution in [2.24, 2.45) is 5.73 Å². The number of amides is 1. The number of carboxylic acids is 3. The van der Waals surface area contributed by atoms with E-state index in [1.807, 2.05) is 5.32 Å². The smallest absolute Gasteiger partial charge is 0.478 e. The zero-order valence-electron chi connectivity index (χ0n) is 20.6. The Labute approximate surface area is 235 Å². The number of thiophene rings is 1. The van der Waals surface area contributed by atoms with Crippen LogP contribution in [0.3, 0.4) is 0 Å². The van der Waals surface area contributed by atoms with Crippen molar-refractivity contribution < 1.29 is 61.6 Å². The minimum Gasteiger partial charge on any atom is -0.478 e. The maximum atomic E-state index is 14.1. The minimum atomic E-state index is -5.08. The van der Waals surface area contributed by atoms with E-state index < -0.39 is 47.5 Å².